The topological polar surface area (TPSA) is 35.2 Å². The molecule has 1 fully saturated rings. The van der Waals surface area contributed by atoms with Gasteiger partial charge in [0.2, 0.25) is 0 Å². The zero-order valence-electron chi connectivity index (χ0n) is 10.9. The monoisotopic (exact) mass is 273 g/mol. The number of nitrogens with two attached hydrogens (primary N) is 1. The molecular weight excluding hydrogens is 255 g/mol. The van der Waals surface area contributed by atoms with Crippen LogP contribution < -0.4 is 10.5 Å². The normalized spacial score (nSPS) is 18.6. The van der Waals surface area contributed by atoms with E-state index in [1.165, 1.54) is 19.2 Å². The molecule has 1 aromatic carbocycles. The summed E-state index contributed by atoms with van der Waals surface area (Å²) in [6, 6.07) is 4.32. The Labute approximate surface area is 110 Å². The average Bonchev–Trinajstić information content (AvgIpc) is 2.87. The number of ether oxygens (including phenoxy) is 1. The molecule has 0 aliphatic heterocycles. The van der Waals surface area contributed by atoms with E-state index < -0.39 is 11.7 Å². The third kappa shape index (κ3) is 2.56. The number of rotatable bonds is 3. The molecule has 1 aromatic rings. The fraction of sp³-hybridized carbons (Fsp3) is 0.571. The van der Waals surface area contributed by atoms with Crippen LogP contribution in [0.1, 0.15) is 36.8 Å². The Morgan fingerprint density at radius 1 is 1.26 bits per heavy atom. The fourth-order valence-corrected chi connectivity index (χ4v) is 2.92. The summed E-state index contributed by atoms with van der Waals surface area (Å²) in [5.74, 6) is -0.138. The highest BCUT2D eigenvalue weighted by atomic mass is 19.4. The second kappa shape index (κ2) is 5.04. The highest BCUT2D eigenvalue weighted by Crippen LogP contribution is 2.44. The van der Waals surface area contributed by atoms with Crippen LogP contribution in [0.5, 0.6) is 5.75 Å². The van der Waals surface area contributed by atoms with E-state index in [4.69, 9.17) is 10.5 Å². The molecule has 0 amide bonds. The first-order valence-corrected chi connectivity index (χ1v) is 6.39. The van der Waals surface area contributed by atoms with Crippen molar-refractivity contribution in [3.8, 4) is 5.75 Å². The maximum atomic E-state index is 13.0. The summed E-state index contributed by atoms with van der Waals surface area (Å²) in [7, 11) is 1.25. The van der Waals surface area contributed by atoms with Crippen molar-refractivity contribution in [1.29, 1.82) is 0 Å². The summed E-state index contributed by atoms with van der Waals surface area (Å²) in [5, 5.41) is 0. The van der Waals surface area contributed by atoms with Crippen molar-refractivity contribution in [3.05, 3.63) is 29.3 Å². The first-order chi connectivity index (χ1) is 8.93. The zero-order chi connectivity index (χ0) is 14.1. The van der Waals surface area contributed by atoms with E-state index in [9.17, 15) is 13.2 Å². The van der Waals surface area contributed by atoms with Crippen molar-refractivity contribution in [2.75, 3.05) is 13.7 Å². The zero-order valence-corrected chi connectivity index (χ0v) is 10.9. The van der Waals surface area contributed by atoms with Crippen LogP contribution >= 0.6 is 0 Å². The van der Waals surface area contributed by atoms with Crippen molar-refractivity contribution in [2.45, 2.75) is 37.3 Å². The van der Waals surface area contributed by atoms with Crippen molar-refractivity contribution in [1.82, 2.24) is 0 Å². The van der Waals surface area contributed by atoms with Crippen molar-refractivity contribution in [3.63, 3.8) is 0 Å². The molecule has 1 aliphatic carbocycles. The fourth-order valence-electron chi connectivity index (χ4n) is 2.92. The van der Waals surface area contributed by atoms with Crippen molar-refractivity contribution < 1.29 is 17.9 Å². The van der Waals surface area contributed by atoms with Crippen LogP contribution in [0, 0.1) is 0 Å². The molecule has 0 bridgehead atoms. The molecule has 1 saturated carbocycles. The van der Waals surface area contributed by atoms with Gasteiger partial charge in [-0.25, -0.2) is 0 Å². The summed E-state index contributed by atoms with van der Waals surface area (Å²) in [6.07, 6.45) is -0.662. The molecule has 0 saturated heterocycles. The summed E-state index contributed by atoms with van der Waals surface area (Å²) < 4.78 is 43.9. The maximum Gasteiger partial charge on any atom is 0.419 e. The number of alkyl halides is 3. The van der Waals surface area contributed by atoms with E-state index in [1.54, 1.807) is 6.07 Å². The van der Waals surface area contributed by atoms with Crippen LogP contribution in [0.4, 0.5) is 13.2 Å². The first-order valence-electron chi connectivity index (χ1n) is 6.39. The number of benzene rings is 1. The van der Waals surface area contributed by atoms with Crippen LogP contribution in [-0.2, 0) is 11.6 Å². The van der Waals surface area contributed by atoms with Crippen molar-refractivity contribution >= 4 is 0 Å². The smallest absolute Gasteiger partial charge is 0.419 e. The molecule has 2 rings (SSSR count). The van der Waals surface area contributed by atoms with E-state index in [-0.39, 0.29) is 11.2 Å². The summed E-state index contributed by atoms with van der Waals surface area (Å²) in [6.45, 7) is 0.386. The lowest BCUT2D eigenvalue weighted by Gasteiger charge is -2.29. The third-order valence-electron chi connectivity index (χ3n) is 4.07. The predicted molar refractivity (Wildman–Crippen MR) is 67.2 cm³/mol. The minimum atomic E-state index is -4.41. The van der Waals surface area contributed by atoms with Gasteiger partial charge in [-0.2, -0.15) is 13.2 Å². The lowest BCUT2D eigenvalue weighted by molar-refractivity contribution is -0.138. The molecule has 0 atom stereocenters. The van der Waals surface area contributed by atoms with Crippen LogP contribution in [0.15, 0.2) is 18.2 Å². The Bertz CT molecular complexity index is 450. The molecular formula is C14H18F3NO. The number of halogens is 3. The van der Waals surface area contributed by atoms with E-state index in [1.807, 2.05) is 0 Å². The van der Waals surface area contributed by atoms with Gasteiger partial charge >= 0.3 is 6.18 Å². The molecule has 0 heterocycles. The third-order valence-corrected chi connectivity index (χ3v) is 4.07. The molecule has 0 spiro atoms. The predicted octanol–water partition coefficient (Wildman–Crippen LogP) is 3.48. The molecule has 2 N–H and O–H groups in total. The van der Waals surface area contributed by atoms with Gasteiger partial charge < -0.3 is 10.5 Å². The molecule has 5 heteroatoms. The Morgan fingerprint density at radius 3 is 2.37 bits per heavy atom. The van der Waals surface area contributed by atoms with Gasteiger partial charge in [0.25, 0.3) is 0 Å². The Kier molecular flexibility index (Phi) is 3.76. The highest BCUT2D eigenvalue weighted by Gasteiger charge is 2.39. The van der Waals surface area contributed by atoms with E-state index >= 15 is 0 Å². The molecule has 1 aliphatic rings. The lowest BCUT2D eigenvalue weighted by Crippen LogP contribution is -2.32. The van der Waals surface area contributed by atoms with E-state index in [2.05, 4.69) is 0 Å². The van der Waals surface area contributed by atoms with Crippen LogP contribution in [0.2, 0.25) is 0 Å². The van der Waals surface area contributed by atoms with Gasteiger partial charge in [0, 0.05) is 12.0 Å². The largest absolute Gasteiger partial charge is 0.496 e. The molecule has 0 aromatic heterocycles. The number of hydrogen-bond acceptors (Lipinski definition) is 2. The minimum absolute atomic E-state index is 0.138. The molecule has 106 valence electrons. The first kappa shape index (κ1) is 14.2. The van der Waals surface area contributed by atoms with Crippen LogP contribution in [0.25, 0.3) is 0 Å². The standard InChI is InChI=1S/C14H18F3NO/c1-19-12-5-4-10(8-11(12)14(15,16)17)13(9-18)6-2-3-7-13/h4-5,8H,2-3,6-7,9,18H2,1H3. The SMILES string of the molecule is COc1ccc(C2(CN)CCCC2)cc1C(F)(F)F. The summed E-state index contributed by atoms with van der Waals surface area (Å²) in [4.78, 5) is 0. The van der Waals surface area contributed by atoms with Crippen LogP contribution in [0.3, 0.4) is 0 Å². The summed E-state index contributed by atoms with van der Waals surface area (Å²) >= 11 is 0. The summed E-state index contributed by atoms with van der Waals surface area (Å²) in [5.41, 5.74) is 5.48. The second-order valence-corrected chi connectivity index (χ2v) is 5.10. The quantitative estimate of drug-likeness (QED) is 0.915. The lowest BCUT2D eigenvalue weighted by atomic mass is 9.78. The molecule has 2 nitrogen and oxygen atoms in total. The van der Waals surface area contributed by atoms with Gasteiger partial charge in [0.05, 0.1) is 12.7 Å². The second-order valence-electron chi connectivity index (χ2n) is 5.10. The van der Waals surface area contributed by atoms with Gasteiger partial charge in [0.15, 0.2) is 0 Å². The molecule has 0 unspecified atom stereocenters. The van der Waals surface area contributed by atoms with Gasteiger partial charge in [-0.05, 0) is 30.5 Å². The van der Waals surface area contributed by atoms with E-state index in [0.29, 0.717) is 12.1 Å². The average molecular weight is 273 g/mol. The Balaban J connectivity index is 2.48. The van der Waals surface area contributed by atoms with Gasteiger partial charge in [0.1, 0.15) is 5.75 Å². The minimum Gasteiger partial charge on any atom is -0.496 e. The highest BCUT2D eigenvalue weighted by molar-refractivity contribution is 5.42. The maximum absolute atomic E-state index is 13.0. The van der Waals surface area contributed by atoms with Gasteiger partial charge in [-0.3, -0.25) is 0 Å². The number of hydrogen-bond donors (Lipinski definition) is 1. The number of methoxy groups -OCH3 is 1. The van der Waals surface area contributed by atoms with Crippen LogP contribution in [-0.4, -0.2) is 13.7 Å². The van der Waals surface area contributed by atoms with Gasteiger partial charge in [-0.15, -0.1) is 0 Å². The Morgan fingerprint density at radius 2 is 1.89 bits per heavy atom. The van der Waals surface area contributed by atoms with Crippen molar-refractivity contribution in [2.24, 2.45) is 5.73 Å². The van der Waals surface area contributed by atoms with Gasteiger partial charge in [-0.1, -0.05) is 18.9 Å². The Hall–Kier alpha value is -1.23. The molecule has 19 heavy (non-hydrogen) atoms. The van der Waals surface area contributed by atoms with E-state index in [0.717, 1.165) is 25.7 Å². The molecule has 0 radical (unpaired) electrons.